The maximum absolute atomic E-state index is 11.8. The number of Topliss-reactive ketones (excluding diaryl/α,β-unsaturated/α-hetero) is 1. The first kappa shape index (κ1) is 10.5. The molecule has 0 N–H and O–H groups in total. The Balaban J connectivity index is 2.64. The Morgan fingerprint density at radius 3 is 2.77 bits per heavy atom. The Kier molecular flexibility index (Phi) is 3.71. The monoisotopic (exact) mass is 180 g/mol. The maximum atomic E-state index is 11.8. The fraction of sp³-hybridized carbons (Fsp3) is 0.750. The summed E-state index contributed by atoms with van der Waals surface area (Å²) in [5, 5.41) is 0. The second-order valence-corrected chi connectivity index (χ2v) is 4.39. The minimum atomic E-state index is -0.0951. The van der Waals surface area contributed by atoms with Crippen LogP contribution in [-0.4, -0.2) is 5.78 Å². The molecule has 1 heteroatoms. The molecule has 1 fully saturated rings. The molecule has 0 aromatic rings. The lowest BCUT2D eigenvalue weighted by Gasteiger charge is -2.28. The van der Waals surface area contributed by atoms with Crippen LogP contribution in [-0.2, 0) is 4.79 Å². The van der Waals surface area contributed by atoms with Gasteiger partial charge in [-0.25, -0.2) is 0 Å². The molecule has 0 radical (unpaired) electrons. The number of hydrogen-bond acceptors (Lipinski definition) is 1. The second kappa shape index (κ2) is 4.59. The van der Waals surface area contributed by atoms with E-state index in [1.807, 2.05) is 6.08 Å². The van der Waals surface area contributed by atoms with Gasteiger partial charge in [-0.15, -0.1) is 6.58 Å². The van der Waals surface area contributed by atoms with Gasteiger partial charge in [0.2, 0.25) is 0 Å². The molecule has 0 heterocycles. The predicted molar refractivity (Wildman–Crippen MR) is 55.6 cm³/mol. The Labute approximate surface area is 81.2 Å². The molecule has 0 saturated heterocycles. The molecule has 0 bridgehead atoms. The van der Waals surface area contributed by atoms with E-state index in [1.54, 1.807) is 0 Å². The molecule has 13 heavy (non-hydrogen) atoms. The van der Waals surface area contributed by atoms with Crippen molar-refractivity contribution in [2.75, 3.05) is 0 Å². The summed E-state index contributed by atoms with van der Waals surface area (Å²) in [5.74, 6) is 0.451. The smallest absolute Gasteiger partial charge is 0.139 e. The van der Waals surface area contributed by atoms with Gasteiger partial charge in [0.25, 0.3) is 0 Å². The van der Waals surface area contributed by atoms with Crippen LogP contribution < -0.4 is 0 Å². The predicted octanol–water partition coefficient (Wildman–Crippen LogP) is 3.49. The van der Waals surface area contributed by atoms with E-state index in [0.717, 1.165) is 25.7 Å². The van der Waals surface area contributed by atoms with E-state index in [-0.39, 0.29) is 5.41 Å². The van der Waals surface area contributed by atoms with E-state index in [1.165, 1.54) is 19.3 Å². The van der Waals surface area contributed by atoms with Gasteiger partial charge in [-0.1, -0.05) is 32.3 Å². The van der Waals surface area contributed by atoms with Crippen LogP contribution in [0.2, 0.25) is 0 Å². The zero-order valence-corrected chi connectivity index (χ0v) is 8.64. The van der Waals surface area contributed by atoms with Crippen molar-refractivity contribution in [1.82, 2.24) is 0 Å². The first-order chi connectivity index (χ1) is 6.19. The quantitative estimate of drug-likeness (QED) is 0.594. The first-order valence-corrected chi connectivity index (χ1v) is 5.33. The zero-order valence-electron chi connectivity index (χ0n) is 8.64. The molecule has 1 unspecified atom stereocenters. The van der Waals surface area contributed by atoms with E-state index in [4.69, 9.17) is 0 Å². The highest BCUT2D eigenvalue weighted by atomic mass is 16.1. The molecule has 0 spiro atoms. The van der Waals surface area contributed by atoms with Gasteiger partial charge in [-0.2, -0.15) is 0 Å². The van der Waals surface area contributed by atoms with Gasteiger partial charge in [-0.05, 0) is 19.3 Å². The summed E-state index contributed by atoms with van der Waals surface area (Å²) in [5.41, 5.74) is -0.0951. The second-order valence-electron chi connectivity index (χ2n) is 4.39. The van der Waals surface area contributed by atoms with Crippen LogP contribution in [0.1, 0.15) is 51.9 Å². The van der Waals surface area contributed by atoms with Crippen molar-refractivity contribution in [1.29, 1.82) is 0 Å². The van der Waals surface area contributed by atoms with Crippen molar-refractivity contribution in [2.45, 2.75) is 51.9 Å². The SMILES string of the molecule is C=CCC1(C)CCCCCCC1=O. The first-order valence-electron chi connectivity index (χ1n) is 5.33. The number of allylic oxidation sites excluding steroid dienone is 1. The Morgan fingerprint density at radius 2 is 2.08 bits per heavy atom. The van der Waals surface area contributed by atoms with Crippen molar-refractivity contribution < 1.29 is 4.79 Å². The van der Waals surface area contributed by atoms with Gasteiger partial charge in [0.1, 0.15) is 5.78 Å². The summed E-state index contributed by atoms with van der Waals surface area (Å²) in [6, 6.07) is 0. The van der Waals surface area contributed by atoms with Crippen molar-refractivity contribution in [3.05, 3.63) is 12.7 Å². The lowest BCUT2D eigenvalue weighted by molar-refractivity contribution is -0.128. The third-order valence-corrected chi connectivity index (χ3v) is 3.15. The van der Waals surface area contributed by atoms with Crippen LogP contribution in [0.4, 0.5) is 0 Å². The molecule has 1 saturated carbocycles. The summed E-state index contributed by atoms with van der Waals surface area (Å²) >= 11 is 0. The lowest BCUT2D eigenvalue weighted by atomic mass is 9.74. The highest BCUT2D eigenvalue weighted by Gasteiger charge is 2.31. The number of carbonyl (C=O) groups excluding carboxylic acids is 1. The normalized spacial score (nSPS) is 30.7. The van der Waals surface area contributed by atoms with Gasteiger partial charge in [0.05, 0.1) is 0 Å². The van der Waals surface area contributed by atoms with Crippen molar-refractivity contribution >= 4 is 5.78 Å². The molecule has 1 aliphatic rings. The highest BCUT2D eigenvalue weighted by Crippen LogP contribution is 2.34. The van der Waals surface area contributed by atoms with Crippen LogP contribution in [0.3, 0.4) is 0 Å². The molecule has 1 nitrogen and oxygen atoms in total. The fourth-order valence-corrected chi connectivity index (χ4v) is 2.13. The molecule has 1 atom stereocenters. The molecular weight excluding hydrogens is 160 g/mol. The van der Waals surface area contributed by atoms with Crippen molar-refractivity contribution in [3.8, 4) is 0 Å². The van der Waals surface area contributed by atoms with Crippen LogP contribution >= 0.6 is 0 Å². The van der Waals surface area contributed by atoms with Gasteiger partial charge in [-0.3, -0.25) is 4.79 Å². The largest absolute Gasteiger partial charge is 0.299 e. The zero-order chi connectivity index (χ0) is 9.73. The lowest BCUT2D eigenvalue weighted by Crippen LogP contribution is -2.28. The molecule has 0 aromatic heterocycles. The van der Waals surface area contributed by atoms with E-state index in [9.17, 15) is 4.79 Å². The Hall–Kier alpha value is -0.590. The average molecular weight is 180 g/mol. The summed E-state index contributed by atoms with van der Waals surface area (Å²) in [6.45, 7) is 5.84. The third kappa shape index (κ3) is 2.68. The van der Waals surface area contributed by atoms with Crippen molar-refractivity contribution in [3.63, 3.8) is 0 Å². The number of carbonyl (C=O) groups is 1. The van der Waals surface area contributed by atoms with Crippen molar-refractivity contribution in [2.24, 2.45) is 5.41 Å². The maximum Gasteiger partial charge on any atom is 0.139 e. The van der Waals surface area contributed by atoms with Crippen LogP contribution in [0, 0.1) is 5.41 Å². The number of ketones is 1. The standard InChI is InChI=1S/C12H20O/c1-3-9-12(2)10-7-5-4-6-8-11(12)13/h3H,1,4-10H2,2H3. The minimum absolute atomic E-state index is 0.0951. The average Bonchev–Trinajstić information content (AvgIpc) is 2.09. The summed E-state index contributed by atoms with van der Waals surface area (Å²) in [4.78, 5) is 11.8. The summed E-state index contributed by atoms with van der Waals surface area (Å²) < 4.78 is 0. The van der Waals surface area contributed by atoms with Crippen LogP contribution in [0.25, 0.3) is 0 Å². The van der Waals surface area contributed by atoms with E-state index >= 15 is 0 Å². The van der Waals surface area contributed by atoms with Gasteiger partial charge in [0.15, 0.2) is 0 Å². The molecule has 0 amide bonds. The molecule has 1 aliphatic carbocycles. The summed E-state index contributed by atoms with van der Waals surface area (Å²) in [6.07, 6.45) is 9.39. The summed E-state index contributed by atoms with van der Waals surface area (Å²) in [7, 11) is 0. The third-order valence-electron chi connectivity index (χ3n) is 3.15. The number of rotatable bonds is 2. The van der Waals surface area contributed by atoms with E-state index < -0.39 is 0 Å². The molecule has 0 aromatic carbocycles. The Morgan fingerprint density at radius 1 is 1.38 bits per heavy atom. The highest BCUT2D eigenvalue weighted by molar-refractivity contribution is 5.84. The van der Waals surface area contributed by atoms with Gasteiger partial charge >= 0.3 is 0 Å². The molecule has 1 rings (SSSR count). The van der Waals surface area contributed by atoms with Crippen LogP contribution in [0.5, 0.6) is 0 Å². The van der Waals surface area contributed by atoms with E-state index in [2.05, 4.69) is 13.5 Å². The van der Waals surface area contributed by atoms with Gasteiger partial charge in [0, 0.05) is 11.8 Å². The fourth-order valence-electron chi connectivity index (χ4n) is 2.13. The molecule has 74 valence electrons. The molecule has 0 aliphatic heterocycles. The topological polar surface area (TPSA) is 17.1 Å². The molecular formula is C12H20O. The van der Waals surface area contributed by atoms with Crippen LogP contribution in [0.15, 0.2) is 12.7 Å². The van der Waals surface area contributed by atoms with E-state index in [0.29, 0.717) is 5.78 Å². The Bertz CT molecular complexity index is 195. The number of hydrogen-bond donors (Lipinski definition) is 0. The van der Waals surface area contributed by atoms with Gasteiger partial charge < -0.3 is 0 Å². The minimum Gasteiger partial charge on any atom is -0.299 e.